The summed E-state index contributed by atoms with van der Waals surface area (Å²) in [5, 5.41) is 0. The Bertz CT molecular complexity index is 722. The van der Waals surface area contributed by atoms with Crippen LogP contribution in [0.25, 0.3) is 0 Å². The average Bonchev–Trinajstić information content (AvgIpc) is 3.06. The zero-order valence-corrected chi connectivity index (χ0v) is 14.9. The van der Waals surface area contributed by atoms with Crippen molar-refractivity contribution in [2.24, 2.45) is 5.92 Å². The smallest absolute Gasteiger partial charge is 0.229 e. The van der Waals surface area contributed by atoms with Crippen molar-refractivity contribution in [1.29, 1.82) is 0 Å². The van der Waals surface area contributed by atoms with Crippen LogP contribution in [0.3, 0.4) is 0 Å². The van der Waals surface area contributed by atoms with E-state index < -0.39 is 0 Å². The number of carbonyl (C=O) groups excluding carboxylic acids is 1. The van der Waals surface area contributed by atoms with Gasteiger partial charge in [-0.05, 0) is 29.3 Å². The normalized spacial score (nSPS) is 20.1. The van der Waals surface area contributed by atoms with Gasteiger partial charge >= 0.3 is 0 Å². The van der Waals surface area contributed by atoms with E-state index in [1.807, 2.05) is 31.3 Å². The Balaban J connectivity index is 1.73. The first-order chi connectivity index (χ1) is 11.6. The number of hydrazine groups is 1. The molecule has 1 aliphatic rings. The highest BCUT2D eigenvalue weighted by Gasteiger charge is 2.35. The van der Waals surface area contributed by atoms with E-state index in [4.69, 9.17) is 0 Å². The molecule has 1 fully saturated rings. The van der Waals surface area contributed by atoms with E-state index in [9.17, 15) is 9.18 Å². The van der Waals surface area contributed by atoms with Crippen LogP contribution in [0.15, 0.2) is 53.0 Å². The summed E-state index contributed by atoms with van der Waals surface area (Å²) in [6, 6.07) is 14.0. The third-order valence-electron chi connectivity index (χ3n) is 4.27. The van der Waals surface area contributed by atoms with Gasteiger partial charge in [-0.25, -0.2) is 9.82 Å². The van der Waals surface area contributed by atoms with E-state index in [-0.39, 0.29) is 23.7 Å². The number of halogens is 2. The third kappa shape index (κ3) is 3.66. The minimum absolute atomic E-state index is 0.0533. The number of amides is 1. The highest BCUT2D eigenvalue weighted by atomic mass is 79.9. The van der Waals surface area contributed by atoms with Crippen LogP contribution >= 0.6 is 15.9 Å². The van der Waals surface area contributed by atoms with Crippen molar-refractivity contribution in [2.75, 3.05) is 13.6 Å². The second-order valence-corrected chi connectivity index (χ2v) is 6.80. The molecule has 0 aliphatic carbocycles. The van der Waals surface area contributed by atoms with Gasteiger partial charge in [0.2, 0.25) is 5.91 Å². The molecule has 0 radical (unpaired) electrons. The standard InChI is InChI=1S/C18H19BrFN3O/c1-23(11-13-4-2-3-5-16(13)19)18(24)15-10-21-22-17(15)12-6-8-14(20)9-7-12/h2-9,15,17,21-22H,10-11H2,1H3. The molecule has 0 bridgehead atoms. The quantitative estimate of drug-likeness (QED) is 0.841. The van der Waals surface area contributed by atoms with Gasteiger partial charge < -0.3 is 4.90 Å². The number of hydrogen-bond acceptors (Lipinski definition) is 3. The molecule has 0 spiro atoms. The lowest BCUT2D eigenvalue weighted by molar-refractivity contribution is -0.134. The Morgan fingerprint density at radius 3 is 2.67 bits per heavy atom. The monoisotopic (exact) mass is 391 g/mol. The van der Waals surface area contributed by atoms with Crippen molar-refractivity contribution >= 4 is 21.8 Å². The zero-order chi connectivity index (χ0) is 17.1. The lowest BCUT2D eigenvalue weighted by Crippen LogP contribution is -2.36. The molecule has 2 aromatic carbocycles. The number of rotatable bonds is 4. The van der Waals surface area contributed by atoms with Crippen LogP contribution in [0.5, 0.6) is 0 Å². The van der Waals surface area contributed by atoms with Crippen LogP contribution < -0.4 is 10.9 Å². The highest BCUT2D eigenvalue weighted by Crippen LogP contribution is 2.27. The molecule has 2 N–H and O–H groups in total. The summed E-state index contributed by atoms with van der Waals surface area (Å²) in [6.45, 7) is 1.08. The summed E-state index contributed by atoms with van der Waals surface area (Å²) in [4.78, 5) is 14.6. The fraction of sp³-hybridized carbons (Fsp3) is 0.278. The van der Waals surface area contributed by atoms with E-state index >= 15 is 0 Å². The first-order valence-electron chi connectivity index (χ1n) is 7.78. The minimum atomic E-state index is -0.279. The van der Waals surface area contributed by atoms with Crippen LogP contribution in [0.2, 0.25) is 0 Å². The predicted molar refractivity (Wildman–Crippen MR) is 94.4 cm³/mol. The Morgan fingerprint density at radius 2 is 1.96 bits per heavy atom. The summed E-state index contributed by atoms with van der Waals surface area (Å²) in [5.74, 6) is -0.459. The maximum Gasteiger partial charge on any atom is 0.229 e. The summed E-state index contributed by atoms with van der Waals surface area (Å²) in [6.07, 6.45) is 0. The van der Waals surface area contributed by atoms with Gasteiger partial charge in [0.15, 0.2) is 0 Å². The Labute approximate surface area is 149 Å². The Hall–Kier alpha value is -1.76. The number of nitrogens with zero attached hydrogens (tertiary/aromatic N) is 1. The van der Waals surface area contributed by atoms with Gasteiger partial charge in [0.25, 0.3) is 0 Å². The van der Waals surface area contributed by atoms with Gasteiger partial charge in [-0.15, -0.1) is 0 Å². The van der Waals surface area contributed by atoms with Crippen LogP contribution in [0.4, 0.5) is 4.39 Å². The molecule has 6 heteroatoms. The van der Waals surface area contributed by atoms with Gasteiger partial charge in [-0.3, -0.25) is 10.2 Å². The van der Waals surface area contributed by atoms with Gasteiger partial charge in [0.05, 0.1) is 12.0 Å². The van der Waals surface area contributed by atoms with Crippen LogP contribution in [0, 0.1) is 11.7 Å². The zero-order valence-electron chi connectivity index (χ0n) is 13.3. The molecule has 2 atom stereocenters. The van der Waals surface area contributed by atoms with Gasteiger partial charge in [0.1, 0.15) is 5.82 Å². The SMILES string of the molecule is CN(Cc1ccccc1Br)C(=O)C1CNNC1c1ccc(F)cc1. The van der Waals surface area contributed by atoms with E-state index in [2.05, 4.69) is 26.8 Å². The van der Waals surface area contributed by atoms with E-state index in [1.165, 1.54) is 12.1 Å². The molecule has 1 amide bonds. The summed E-state index contributed by atoms with van der Waals surface area (Å²) < 4.78 is 14.1. The van der Waals surface area contributed by atoms with Crippen molar-refractivity contribution in [3.05, 3.63) is 69.9 Å². The molecule has 2 aromatic rings. The van der Waals surface area contributed by atoms with Gasteiger partial charge in [0, 0.05) is 24.6 Å². The molecular weight excluding hydrogens is 373 g/mol. The Kier molecular flexibility index (Phi) is 5.28. The largest absolute Gasteiger partial charge is 0.341 e. The molecule has 0 saturated carbocycles. The van der Waals surface area contributed by atoms with E-state index in [0.717, 1.165) is 15.6 Å². The molecule has 126 valence electrons. The fourth-order valence-electron chi connectivity index (χ4n) is 2.96. The average molecular weight is 392 g/mol. The maximum atomic E-state index is 13.1. The van der Waals surface area contributed by atoms with Crippen molar-refractivity contribution in [3.8, 4) is 0 Å². The van der Waals surface area contributed by atoms with Crippen molar-refractivity contribution < 1.29 is 9.18 Å². The maximum absolute atomic E-state index is 13.1. The molecule has 1 heterocycles. The summed E-state index contributed by atoms with van der Waals surface area (Å²) in [7, 11) is 1.81. The number of nitrogens with one attached hydrogen (secondary N) is 2. The van der Waals surface area contributed by atoms with Crippen LogP contribution in [0.1, 0.15) is 17.2 Å². The van der Waals surface area contributed by atoms with Crippen LogP contribution in [-0.2, 0) is 11.3 Å². The predicted octanol–water partition coefficient (Wildman–Crippen LogP) is 3.01. The number of benzene rings is 2. The summed E-state index contributed by atoms with van der Waals surface area (Å²) in [5.41, 5.74) is 8.13. The first-order valence-corrected chi connectivity index (χ1v) is 8.58. The highest BCUT2D eigenvalue weighted by molar-refractivity contribution is 9.10. The molecule has 24 heavy (non-hydrogen) atoms. The fourth-order valence-corrected chi connectivity index (χ4v) is 3.37. The lowest BCUT2D eigenvalue weighted by atomic mass is 9.93. The lowest BCUT2D eigenvalue weighted by Gasteiger charge is -2.25. The second kappa shape index (κ2) is 7.42. The van der Waals surface area contributed by atoms with Crippen LogP contribution in [-0.4, -0.2) is 24.4 Å². The van der Waals surface area contributed by atoms with Crippen molar-refractivity contribution in [2.45, 2.75) is 12.6 Å². The Morgan fingerprint density at radius 1 is 1.25 bits per heavy atom. The minimum Gasteiger partial charge on any atom is -0.341 e. The van der Waals surface area contributed by atoms with E-state index in [0.29, 0.717) is 13.1 Å². The topological polar surface area (TPSA) is 44.4 Å². The molecule has 2 unspecified atom stereocenters. The van der Waals surface area contributed by atoms with Crippen molar-refractivity contribution in [1.82, 2.24) is 15.8 Å². The molecule has 1 saturated heterocycles. The number of hydrogen-bond donors (Lipinski definition) is 2. The van der Waals surface area contributed by atoms with E-state index in [1.54, 1.807) is 17.0 Å². The molecule has 1 aliphatic heterocycles. The summed E-state index contributed by atoms with van der Waals surface area (Å²) >= 11 is 3.51. The molecular formula is C18H19BrFN3O. The van der Waals surface area contributed by atoms with Gasteiger partial charge in [-0.1, -0.05) is 46.3 Å². The second-order valence-electron chi connectivity index (χ2n) is 5.95. The first kappa shape index (κ1) is 17.1. The van der Waals surface area contributed by atoms with Crippen molar-refractivity contribution in [3.63, 3.8) is 0 Å². The third-order valence-corrected chi connectivity index (χ3v) is 5.04. The molecule has 0 aromatic heterocycles. The van der Waals surface area contributed by atoms with Gasteiger partial charge in [-0.2, -0.15) is 0 Å². The molecule has 3 rings (SSSR count). The number of carbonyl (C=O) groups is 1. The molecule has 4 nitrogen and oxygen atoms in total.